The molecule has 0 unspecified atom stereocenters. The molecule has 5 aromatic rings. The van der Waals surface area contributed by atoms with Gasteiger partial charge >= 0.3 is 0 Å². The van der Waals surface area contributed by atoms with Crippen LogP contribution in [0.25, 0.3) is 33.8 Å². The second-order valence-electron chi connectivity index (χ2n) is 12.0. The van der Waals surface area contributed by atoms with E-state index < -0.39 is 0 Å². The summed E-state index contributed by atoms with van der Waals surface area (Å²) in [6.45, 7) is 12.9. The molecule has 5 rings (SSSR count). The van der Waals surface area contributed by atoms with Gasteiger partial charge in [-0.15, -0.1) is 0 Å². The van der Waals surface area contributed by atoms with Crippen LogP contribution in [0.5, 0.6) is 17.4 Å². The first kappa shape index (κ1) is 27.1. The first-order valence-electron chi connectivity index (χ1n) is 13.5. The molecule has 5 heteroatoms. The maximum absolute atomic E-state index is 11.5. The van der Waals surface area contributed by atoms with Crippen LogP contribution in [0.1, 0.15) is 52.7 Å². The van der Waals surface area contributed by atoms with Crippen molar-refractivity contribution in [1.29, 1.82) is 0 Å². The number of ether oxygens (including phenoxy) is 1. The molecule has 5 nitrogen and oxygen atoms in total. The zero-order chi connectivity index (χ0) is 28.5. The van der Waals surface area contributed by atoms with Crippen molar-refractivity contribution in [3.05, 3.63) is 108 Å². The highest BCUT2D eigenvalue weighted by Gasteiger charge is 2.26. The highest BCUT2D eigenvalue weighted by Crippen LogP contribution is 2.42. The zero-order valence-electron chi connectivity index (χ0n) is 23.9. The fraction of sp³-hybridized carbons (Fsp3) is 0.229. The summed E-state index contributed by atoms with van der Waals surface area (Å²) in [6.07, 6.45) is 3.46. The lowest BCUT2D eigenvalue weighted by molar-refractivity contribution is 0.446. The molecule has 1 N–H and O–H groups in total. The minimum atomic E-state index is -0.253. The monoisotopic (exact) mass is 529 g/mol. The van der Waals surface area contributed by atoms with Crippen LogP contribution in [-0.4, -0.2) is 20.1 Å². The summed E-state index contributed by atoms with van der Waals surface area (Å²) in [7, 11) is 0. The Morgan fingerprint density at radius 3 is 2.08 bits per heavy atom. The predicted molar refractivity (Wildman–Crippen MR) is 162 cm³/mol. The van der Waals surface area contributed by atoms with Gasteiger partial charge in [-0.05, 0) is 40.7 Å². The van der Waals surface area contributed by atoms with Crippen LogP contribution in [0.15, 0.2) is 97.3 Å². The minimum absolute atomic E-state index is 0.111. The summed E-state index contributed by atoms with van der Waals surface area (Å²) in [5.41, 5.74) is 6.20. The normalized spacial score (nSPS) is 11.8. The molecule has 3 aromatic carbocycles. The Balaban J connectivity index is 1.70. The van der Waals surface area contributed by atoms with E-state index in [0.717, 1.165) is 27.9 Å². The number of hydrogen-bond donors (Lipinski definition) is 1. The smallest absolute Gasteiger partial charge is 0.219 e. The molecule has 0 saturated heterocycles. The fourth-order valence-corrected chi connectivity index (χ4v) is 4.60. The van der Waals surface area contributed by atoms with E-state index in [0.29, 0.717) is 28.6 Å². The van der Waals surface area contributed by atoms with Crippen LogP contribution in [0.3, 0.4) is 0 Å². The van der Waals surface area contributed by atoms with E-state index in [1.165, 1.54) is 0 Å². The number of phenolic OH excluding ortho intramolecular Hbond substituents is 1. The van der Waals surface area contributed by atoms with Crippen molar-refractivity contribution < 1.29 is 9.84 Å². The average molecular weight is 530 g/mol. The van der Waals surface area contributed by atoms with Crippen molar-refractivity contribution in [3.8, 4) is 51.2 Å². The average Bonchev–Trinajstić information content (AvgIpc) is 2.93. The molecule has 0 bridgehead atoms. The van der Waals surface area contributed by atoms with Crippen LogP contribution in [0.4, 0.5) is 0 Å². The molecule has 0 aliphatic carbocycles. The van der Waals surface area contributed by atoms with E-state index in [4.69, 9.17) is 14.7 Å². The SMILES string of the molecule is CC(C)(C)c1cc(-c2cnc(-c3ccccc3)c(-c3cccc(Oc4ccccn4)c3)n2)c(O)c(C(C)(C)C)c1. The van der Waals surface area contributed by atoms with Gasteiger partial charge in [0.2, 0.25) is 5.88 Å². The zero-order valence-corrected chi connectivity index (χ0v) is 23.9. The third-order valence-electron chi connectivity index (χ3n) is 6.85. The number of hydrogen-bond acceptors (Lipinski definition) is 5. The van der Waals surface area contributed by atoms with Gasteiger partial charge in [0.05, 0.1) is 23.3 Å². The number of aromatic hydroxyl groups is 1. The predicted octanol–water partition coefficient (Wildman–Crippen LogP) is 8.97. The van der Waals surface area contributed by atoms with Gasteiger partial charge in [-0.2, -0.15) is 0 Å². The van der Waals surface area contributed by atoms with Crippen LogP contribution in [-0.2, 0) is 10.8 Å². The maximum atomic E-state index is 11.5. The Hall–Kier alpha value is -4.51. The van der Waals surface area contributed by atoms with Crippen molar-refractivity contribution in [1.82, 2.24) is 15.0 Å². The first-order chi connectivity index (χ1) is 19.0. The van der Waals surface area contributed by atoms with Crippen LogP contribution < -0.4 is 4.74 Å². The third-order valence-corrected chi connectivity index (χ3v) is 6.85. The number of pyridine rings is 1. The highest BCUT2D eigenvalue weighted by molar-refractivity contribution is 5.81. The molecule has 40 heavy (non-hydrogen) atoms. The van der Waals surface area contributed by atoms with E-state index in [9.17, 15) is 5.11 Å². The molecule has 0 aliphatic rings. The van der Waals surface area contributed by atoms with Gasteiger partial charge in [0.25, 0.3) is 0 Å². The van der Waals surface area contributed by atoms with E-state index in [1.54, 1.807) is 12.4 Å². The lowest BCUT2D eigenvalue weighted by atomic mass is 9.78. The molecule has 2 heterocycles. The molecule has 0 saturated carbocycles. The van der Waals surface area contributed by atoms with Gasteiger partial charge in [0.1, 0.15) is 11.5 Å². The molecule has 0 aliphatic heterocycles. The van der Waals surface area contributed by atoms with E-state index >= 15 is 0 Å². The van der Waals surface area contributed by atoms with Crippen LogP contribution in [0, 0.1) is 0 Å². The summed E-state index contributed by atoms with van der Waals surface area (Å²) in [5.74, 6) is 1.40. The second-order valence-corrected chi connectivity index (χ2v) is 12.0. The van der Waals surface area contributed by atoms with Gasteiger partial charge in [-0.25, -0.2) is 9.97 Å². The lowest BCUT2D eigenvalue weighted by Crippen LogP contribution is -2.17. The molecule has 0 spiro atoms. The largest absolute Gasteiger partial charge is 0.507 e. The summed E-state index contributed by atoms with van der Waals surface area (Å²) >= 11 is 0. The first-order valence-corrected chi connectivity index (χ1v) is 13.5. The summed E-state index contributed by atoms with van der Waals surface area (Å²) < 4.78 is 6.03. The number of rotatable bonds is 5. The fourth-order valence-electron chi connectivity index (χ4n) is 4.60. The van der Waals surface area contributed by atoms with Gasteiger partial charge in [-0.3, -0.25) is 4.98 Å². The Bertz CT molecular complexity index is 1630. The lowest BCUT2D eigenvalue weighted by Gasteiger charge is -2.27. The van der Waals surface area contributed by atoms with Crippen LogP contribution in [0.2, 0.25) is 0 Å². The number of benzene rings is 3. The second kappa shape index (κ2) is 10.6. The third kappa shape index (κ3) is 5.74. The number of aromatic nitrogens is 3. The van der Waals surface area contributed by atoms with Gasteiger partial charge < -0.3 is 9.84 Å². The van der Waals surface area contributed by atoms with Crippen molar-refractivity contribution in [2.45, 2.75) is 52.4 Å². The molecule has 0 fully saturated rings. The summed E-state index contributed by atoms with van der Waals surface area (Å²) in [4.78, 5) is 14.3. The van der Waals surface area contributed by atoms with Crippen molar-refractivity contribution in [2.24, 2.45) is 0 Å². The minimum Gasteiger partial charge on any atom is -0.507 e. The Labute approximate surface area is 236 Å². The van der Waals surface area contributed by atoms with Crippen LogP contribution >= 0.6 is 0 Å². The van der Waals surface area contributed by atoms with Gasteiger partial charge in [0, 0.05) is 34.5 Å². The molecule has 0 amide bonds. The van der Waals surface area contributed by atoms with Gasteiger partial charge in [-0.1, -0.05) is 96.1 Å². The summed E-state index contributed by atoms with van der Waals surface area (Å²) in [6, 6.07) is 27.5. The molecule has 0 atom stereocenters. The quantitative estimate of drug-likeness (QED) is 0.246. The number of nitrogens with zero attached hydrogens (tertiary/aromatic N) is 3. The van der Waals surface area contributed by atoms with E-state index in [-0.39, 0.29) is 16.6 Å². The molecular weight excluding hydrogens is 494 g/mol. The van der Waals surface area contributed by atoms with Crippen molar-refractivity contribution in [3.63, 3.8) is 0 Å². The molecule has 0 radical (unpaired) electrons. The Morgan fingerprint density at radius 2 is 1.40 bits per heavy atom. The highest BCUT2D eigenvalue weighted by atomic mass is 16.5. The Kier molecular flexibility index (Phi) is 7.16. The molecule has 2 aromatic heterocycles. The topological polar surface area (TPSA) is 68.1 Å². The standard InChI is InChI=1S/C35H35N3O2/c1-34(2,3)25-20-27(33(39)28(21-25)35(4,5)6)29-22-37-31(23-13-8-7-9-14-23)32(38-29)24-15-12-16-26(19-24)40-30-17-10-11-18-36-30/h7-22,39H,1-6H3. The van der Waals surface area contributed by atoms with E-state index in [1.807, 2.05) is 78.9 Å². The van der Waals surface area contributed by atoms with Crippen molar-refractivity contribution >= 4 is 0 Å². The maximum Gasteiger partial charge on any atom is 0.219 e. The Morgan fingerprint density at radius 1 is 0.675 bits per heavy atom. The molecule has 202 valence electrons. The van der Waals surface area contributed by atoms with Crippen molar-refractivity contribution in [2.75, 3.05) is 0 Å². The number of phenols is 1. The van der Waals surface area contributed by atoms with E-state index in [2.05, 4.69) is 52.6 Å². The summed E-state index contributed by atoms with van der Waals surface area (Å²) in [5, 5.41) is 11.5. The molecular formula is C35H35N3O2. The van der Waals surface area contributed by atoms with Gasteiger partial charge in [0.15, 0.2) is 0 Å².